The topological polar surface area (TPSA) is 81.4 Å². The van der Waals surface area contributed by atoms with Gasteiger partial charge in [-0.25, -0.2) is 9.78 Å². The zero-order valence-electron chi connectivity index (χ0n) is 15.2. The molecule has 6 nitrogen and oxygen atoms in total. The third-order valence-corrected chi connectivity index (χ3v) is 5.29. The Kier molecular flexibility index (Phi) is 5.96. The average molecular weight is 451 g/mol. The van der Waals surface area contributed by atoms with Gasteiger partial charge in [0, 0.05) is 15.4 Å². The van der Waals surface area contributed by atoms with E-state index in [2.05, 4.69) is 26.2 Å². The molecule has 0 spiro atoms. The summed E-state index contributed by atoms with van der Waals surface area (Å²) in [7, 11) is 0. The molecule has 0 aliphatic heterocycles. The fourth-order valence-corrected chi connectivity index (χ4v) is 3.71. The lowest BCUT2D eigenvalue weighted by Gasteiger charge is -2.05. The van der Waals surface area contributed by atoms with Gasteiger partial charge >= 0.3 is 5.97 Å². The first-order valence-corrected chi connectivity index (χ1v) is 10.0. The van der Waals surface area contributed by atoms with Gasteiger partial charge in [-0.1, -0.05) is 41.1 Å². The van der Waals surface area contributed by atoms with Gasteiger partial charge in [-0.05, 0) is 31.0 Å². The number of thiazole rings is 1. The number of benzene rings is 1. The first-order chi connectivity index (χ1) is 12.8. The SMILES string of the molecule is Cc1nc(NC(=O)Cc2coc3ccc(Br)cc23)sc1C(=O)OCC(C)C. The van der Waals surface area contributed by atoms with E-state index in [1.165, 1.54) is 0 Å². The van der Waals surface area contributed by atoms with E-state index in [1.54, 1.807) is 13.2 Å². The molecule has 1 aromatic carbocycles. The molecule has 0 aliphatic rings. The highest BCUT2D eigenvalue weighted by molar-refractivity contribution is 9.10. The van der Waals surface area contributed by atoms with E-state index in [0.717, 1.165) is 32.3 Å². The number of carbonyl (C=O) groups is 2. The van der Waals surface area contributed by atoms with E-state index < -0.39 is 5.97 Å². The maximum atomic E-state index is 12.4. The molecule has 3 rings (SSSR count). The molecule has 142 valence electrons. The van der Waals surface area contributed by atoms with Crippen LogP contribution in [0.1, 0.15) is 34.8 Å². The summed E-state index contributed by atoms with van der Waals surface area (Å²) in [4.78, 5) is 29.2. The average Bonchev–Trinajstić information content (AvgIpc) is 3.16. The normalized spacial score (nSPS) is 11.1. The number of carbonyl (C=O) groups excluding carboxylic acids is 2. The number of hydrogen-bond acceptors (Lipinski definition) is 6. The highest BCUT2D eigenvalue weighted by Gasteiger charge is 2.19. The number of furan rings is 1. The van der Waals surface area contributed by atoms with Crippen LogP contribution in [0, 0.1) is 12.8 Å². The molecule has 2 heterocycles. The number of anilines is 1. The van der Waals surface area contributed by atoms with Gasteiger partial charge in [0.2, 0.25) is 5.91 Å². The number of nitrogens with one attached hydrogen (secondary N) is 1. The van der Waals surface area contributed by atoms with Gasteiger partial charge in [-0.3, -0.25) is 4.79 Å². The number of halogens is 1. The number of ether oxygens (including phenoxy) is 1. The van der Waals surface area contributed by atoms with Gasteiger partial charge in [0.25, 0.3) is 0 Å². The van der Waals surface area contributed by atoms with Gasteiger partial charge in [0.1, 0.15) is 10.5 Å². The van der Waals surface area contributed by atoms with Crippen LogP contribution in [0.5, 0.6) is 0 Å². The van der Waals surface area contributed by atoms with Crippen molar-refractivity contribution in [2.45, 2.75) is 27.2 Å². The Morgan fingerprint density at radius 3 is 2.89 bits per heavy atom. The van der Waals surface area contributed by atoms with E-state index in [9.17, 15) is 9.59 Å². The Bertz CT molecular complexity index is 993. The van der Waals surface area contributed by atoms with Crippen LogP contribution in [0.4, 0.5) is 5.13 Å². The fourth-order valence-electron chi connectivity index (χ4n) is 2.47. The smallest absolute Gasteiger partial charge is 0.350 e. The number of fused-ring (bicyclic) bond motifs is 1. The highest BCUT2D eigenvalue weighted by atomic mass is 79.9. The number of aromatic nitrogens is 1. The molecule has 1 amide bonds. The second kappa shape index (κ2) is 8.22. The van der Waals surface area contributed by atoms with Gasteiger partial charge in [0.05, 0.1) is 25.0 Å². The molecule has 2 aromatic heterocycles. The van der Waals surface area contributed by atoms with Crippen molar-refractivity contribution < 1.29 is 18.7 Å². The van der Waals surface area contributed by atoms with Crippen molar-refractivity contribution in [3.63, 3.8) is 0 Å². The number of amides is 1. The van der Waals surface area contributed by atoms with Crippen molar-refractivity contribution in [3.8, 4) is 0 Å². The Morgan fingerprint density at radius 2 is 2.15 bits per heavy atom. The van der Waals surface area contributed by atoms with Crippen LogP contribution in [0.15, 0.2) is 33.4 Å². The first kappa shape index (κ1) is 19.6. The molecule has 3 aromatic rings. The molecule has 0 atom stereocenters. The van der Waals surface area contributed by atoms with Crippen LogP contribution < -0.4 is 5.32 Å². The number of rotatable bonds is 6. The molecule has 27 heavy (non-hydrogen) atoms. The molecule has 8 heteroatoms. The van der Waals surface area contributed by atoms with Crippen LogP contribution in [-0.4, -0.2) is 23.5 Å². The summed E-state index contributed by atoms with van der Waals surface area (Å²) in [5.74, 6) is -0.385. The highest BCUT2D eigenvalue weighted by Crippen LogP contribution is 2.27. The largest absolute Gasteiger partial charge is 0.464 e. The summed E-state index contributed by atoms with van der Waals surface area (Å²) in [5, 5.41) is 4.01. The van der Waals surface area contributed by atoms with Crippen LogP contribution in [0.2, 0.25) is 0 Å². The maximum absolute atomic E-state index is 12.4. The van der Waals surface area contributed by atoms with Crippen molar-refractivity contribution >= 4 is 55.2 Å². The van der Waals surface area contributed by atoms with Crippen LogP contribution in [0.3, 0.4) is 0 Å². The van der Waals surface area contributed by atoms with E-state index in [0.29, 0.717) is 22.3 Å². The van der Waals surface area contributed by atoms with Gasteiger partial charge in [-0.2, -0.15) is 0 Å². The zero-order chi connectivity index (χ0) is 19.6. The standard InChI is InChI=1S/C19H19BrN2O4S/c1-10(2)8-26-18(24)17-11(3)21-19(27-17)22-16(23)6-12-9-25-15-5-4-13(20)7-14(12)15/h4-5,7,9-10H,6,8H2,1-3H3,(H,21,22,23). The van der Waals surface area contributed by atoms with Crippen molar-refractivity contribution in [1.82, 2.24) is 4.98 Å². The molecule has 0 unspecified atom stereocenters. The number of nitrogens with zero attached hydrogens (tertiary/aromatic N) is 1. The minimum absolute atomic E-state index is 0.148. The Balaban J connectivity index is 1.68. The van der Waals surface area contributed by atoms with Gasteiger partial charge in [-0.15, -0.1) is 0 Å². The van der Waals surface area contributed by atoms with E-state index in [1.807, 2.05) is 32.0 Å². The van der Waals surface area contributed by atoms with E-state index in [-0.39, 0.29) is 18.2 Å². The zero-order valence-corrected chi connectivity index (χ0v) is 17.6. The number of hydrogen-bond donors (Lipinski definition) is 1. The van der Waals surface area contributed by atoms with Crippen LogP contribution in [-0.2, 0) is 16.0 Å². The quantitative estimate of drug-likeness (QED) is 0.536. The summed E-state index contributed by atoms with van der Waals surface area (Å²) in [6, 6.07) is 5.64. The molecule has 0 bridgehead atoms. The molecule has 0 radical (unpaired) electrons. The van der Waals surface area contributed by atoms with E-state index in [4.69, 9.17) is 9.15 Å². The third-order valence-electron chi connectivity index (χ3n) is 3.74. The predicted molar refractivity (Wildman–Crippen MR) is 108 cm³/mol. The summed E-state index contributed by atoms with van der Waals surface area (Å²) >= 11 is 4.54. The summed E-state index contributed by atoms with van der Waals surface area (Å²) < 4.78 is 11.6. The molecule has 0 saturated carbocycles. The molecule has 1 N–H and O–H groups in total. The second-order valence-electron chi connectivity index (χ2n) is 6.55. The molecule has 0 fully saturated rings. The summed E-state index contributed by atoms with van der Waals surface area (Å²) in [6.45, 7) is 6.01. The van der Waals surface area contributed by atoms with Crippen molar-refractivity contribution in [2.24, 2.45) is 5.92 Å². The molecular formula is C19H19BrN2O4S. The number of aryl methyl sites for hydroxylation is 1. The Labute approximate surface area is 169 Å². The second-order valence-corrected chi connectivity index (χ2v) is 8.47. The minimum atomic E-state index is -0.412. The molecule has 0 saturated heterocycles. The Morgan fingerprint density at radius 1 is 1.37 bits per heavy atom. The van der Waals surface area contributed by atoms with Crippen molar-refractivity contribution in [2.75, 3.05) is 11.9 Å². The fraction of sp³-hybridized carbons (Fsp3) is 0.316. The van der Waals surface area contributed by atoms with Crippen LogP contribution in [0.25, 0.3) is 11.0 Å². The minimum Gasteiger partial charge on any atom is -0.464 e. The Hall–Kier alpha value is -2.19. The van der Waals surface area contributed by atoms with E-state index >= 15 is 0 Å². The van der Waals surface area contributed by atoms with Gasteiger partial charge in [0.15, 0.2) is 5.13 Å². The maximum Gasteiger partial charge on any atom is 0.350 e. The lowest BCUT2D eigenvalue weighted by molar-refractivity contribution is -0.115. The predicted octanol–water partition coefficient (Wildman–Crippen LogP) is 4.95. The summed E-state index contributed by atoms with van der Waals surface area (Å²) in [6.07, 6.45) is 1.73. The molecular weight excluding hydrogens is 432 g/mol. The molecule has 0 aliphatic carbocycles. The van der Waals surface area contributed by atoms with Crippen molar-refractivity contribution in [3.05, 3.63) is 45.1 Å². The first-order valence-electron chi connectivity index (χ1n) is 8.43. The summed E-state index contributed by atoms with van der Waals surface area (Å²) in [5.41, 5.74) is 2.05. The van der Waals surface area contributed by atoms with Crippen molar-refractivity contribution in [1.29, 1.82) is 0 Å². The number of esters is 1. The monoisotopic (exact) mass is 450 g/mol. The third kappa shape index (κ3) is 4.75. The lowest BCUT2D eigenvalue weighted by atomic mass is 10.1. The van der Waals surface area contributed by atoms with Gasteiger partial charge < -0.3 is 14.5 Å². The van der Waals surface area contributed by atoms with Crippen LogP contribution >= 0.6 is 27.3 Å². The lowest BCUT2D eigenvalue weighted by Crippen LogP contribution is -2.14.